The summed E-state index contributed by atoms with van der Waals surface area (Å²) in [4.78, 5) is 23.1. The molecule has 0 radical (unpaired) electrons. The van der Waals surface area contributed by atoms with E-state index in [-0.39, 0.29) is 30.5 Å². The highest BCUT2D eigenvalue weighted by Gasteiger charge is 2.39. The van der Waals surface area contributed by atoms with Gasteiger partial charge in [-0.3, -0.25) is 9.59 Å². The first-order valence-corrected chi connectivity index (χ1v) is 8.91. The van der Waals surface area contributed by atoms with E-state index in [1.54, 1.807) is 0 Å². The zero-order chi connectivity index (χ0) is 15.5. The number of hydrogen-bond donors (Lipinski definition) is 1. The Kier molecular flexibility index (Phi) is 5.21. The molecule has 1 aliphatic carbocycles. The number of rotatable bonds is 7. The fourth-order valence-electron chi connectivity index (χ4n) is 2.48. The van der Waals surface area contributed by atoms with E-state index in [2.05, 4.69) is 10.1 Å². The fourth-order valence-corrected chi connectivity index (χ4v) is 4.22. The van der Waals surface area contributed by atoms with Crippen LogP contribution in [0.4, 0.5) is 0 Å². The Hall–Kier alpha value is -1.15. The van der Waals surface area contributed by atoms with Gasteiger partial charge in [-0.15, -0.1) is 0 Å². The summed E-state index contributed by atoms with van der Waals surface area (Å²) in [6.07, 6.45) is 3.49. The third-order valence-electron chi connectivity index (χ3n) is 3.80. The van der Waals surface area contributed by atoms with Gasteiger partial charge in [-0.2, -0.15) is 4.31 Å². The Bertz CT molecular complexity index is 501. The molecule has 7 nitrogen and oxygen atoms in total. The SMILES string of the molecule is COC(=O)CCCS(=O)(=O)N1CCCC1C(=O)NC1CC1. The average molecular weight is 318 g/mol. The second kappa shape index (κ2) is 6.74. The van der Waals surface area contributed by atoms with Crippen molar-refractivity contribution in [1.29, 1.82) is 0 Å². The van der Waals surface area contributed by atoms with Gasteiger partial charge in [0.1, 0.15) is 6.04 Å². The van der Waals surface area contributed by atoms with E-state index in [1.807, 2.05) is 0 Å². The number of nitrogens with one attached hydrogen (secondary N) is 1. The van der Waals surface area contributed by atoms with Crippen molar-refractivity contribution in [1.82, 2.24) is 9.62 Å². The molecule has 2 aliphatic rings. The van der Waals surface area contributed by atoms with Crippen molar-refractivity contribution in [2.45, 2.75) is 50.6 Å². The molecule has 21 heavy (non-hydrogen) atoms. The van der Waals surface area contributed by atoms with Crippen molar-refractivity contribution >= 4 is 21.9 Å². The molecule has 0 aromatic heterocycles. The summed E-state index contributed by atoms with van der Waals surface area (Å²) in [6, 6.07) is -0.365. The zero-order valence-corrected chi connectivity index (χ0v) is 13.0. The van der Waals surface area contributed by atoms with E-state index < -0.39 is 22.0 Å². The summed E-state index contributed by atoms with van der Waals surface area (Å²) in [6.45, 7) is 0.378. The zero-order valence-electron chi connectivity index (χ0n) is 12.2. The maximum Gasteiger partial charge on any atom is 0.305 e. The van der Waals surface area contributed by atoms with Crippen molar-refractivity contribution < 1.29 is 22.7 Å². The maximum atomic E-state index is 12.3. The molecule has 0 aromatic rings. The van der Waals surface area contributed by atoms with Crippen molar-refractivity contribution in [2.75, 3.05) is 19.4 Å². The Morgan fingerprint density at radius 3 is 2.62 bits per heavy atom. The molecule has 1 atom stereocenters. The predicted octanol–water partition coefficient (Wildman–Crippen LogP) is 0.0124. The van der Waals surface area contributed by atoms with E-state index >= 15 is 0 Å². The van der Waals surface area contributed by atoms with Gasteiger partial charge in [0.05, 0.1) is 12.9 Å². The van der Waals surface area contributed by atoms with E-state index in [4.69, 9.17) is 0 Å². The lowest BCUT2D eigenvalue weighted by Crippen LogP contribution is -2.47. The van der Waals surface area contributed by atoms with Crippen LogP contribution in [-0.2, 0) is 24.3 Å². The number of sulfonamides is 1. The normalized spacial score (nSPS) is 23.0. The number of nitrogens with zero attached hydrogens (tertiary/aromatic N) is 1. The van der Waals surface area contributed by atoms with Crippen LogP contribution in [0.25, 0.3) is 0 Å². The molecule has 120 valence electrons. The lowest BCUT2D eigenvalue weighted by atomic mass is 10.2. The molecule has 0 spiro atoms. The monoisotopic (exact) mass is 318 g/mol. The smallest absolute Gasteiger partial charge is 0.305 e. The lowest BCUT2D eigenvalue weighted by Gasteiger charge is -2.23. The second-order valence-electron chi connectivity index (χ2n) is 5.55. The van der Waals surface area contributed by atoms with E-state index in [0.29, 0.717) is 19.4 Å². The summed E-state index contributed by atoms with van der Waals surface area (Å²) < 4.78 is 30.4. The highest BCUT2D eigenvalue weighted by atomic mass is 32.2. The highest BCUT2D eigenvalue weighted by Crippen LogP contribution is 2.25. The van der Waals surface area contributed by atoms with Crippen LogP contribution in [0.2, 0.25) is 0 Å². The van der Waals surface area contributed by atoms with Crippen LogP contribution in [-0.4, -0.2) is 56.1 Å². The first kappa shape index (κ1) is 16.2. The molecule has 2 fully saturated rings. The molecule has 2 rings (SSSR count). The number of esters is 1. The van der Waals surface area contributed by atoms with Crippen LogP contribution in [0.1, 0.15) is 38.5 Å². The third-order valence-corrected chi connectivity index (χ3v) is 5.75. The number of ether oxygens (including phenoxy) is 1. The lowest BCUT2D eigenvalue weighted by molar-refractivity contribution is -0.140. The molecule has 1 unspecified atom stereocenters. The van der Waals surface area contributed by atoms with E-state index in [0.717, 1.165) is 12.8 Å². The van der Waals surface area contributed by atoms with Crippen LogP contribution >= 0.6 is 0 Å². The summed E-state index contributed by atoms with van der Waals surface area (Å²) in [5.41, 5.74) is 0. The fraction of sp³-hybridized carbons (Fsp3) is 0.846. The molecular formula is C13H22N2O5S. The molecule has 0 bridgehead atoms. The third kappa shape index (κ3) is 4.41. The van der Waals surface area contributed by atoms with Gasteiger partial charge in [0, 0.05) is 19.0 Å². The molecule has 1 N–H and O–H groups in total. The Morgan fingerprint density at radius 1 is 1.29 bits per heavy atom. The summed E-state index contributed by atoms with van der Waals surface area (Å²) in [7, 11) is -2.24. The van der Waals surface area contributed by atoms with Crippen LogP contribution in [0.15, 0.2) is 0 Å². The van der Waals surface area contributed by atoms with Crippen LogP contribution < -0.4 is 5.32 Å². The van der Waals surface area contributed by atoms with Gasteiger partial charge in [0.2, 0.25) is 15.9 Å². The number of hydrogen-bond acceptors (Lipinski definition) is 5. The minimum absolute atomic E-state index is 0.0719. The second-order valence-corrected chi connectivity index (χ2v) is 7.59. The average Bonchev–Trinajstić information content (AvgIpc) is 3.09. The number of carbonyl (C=O) groups excluding carboxylic acids is 2. The quantitative estimate of drug-likeness (QED) is 0.668. The predicted molar refractivity (Wildman–Crippen MR) is 75.9 cm³/mol. The van der Waals surface area contributed by atoms with Crippen molar-refractivity contribution in [3.63, 3.8) is 0 Å². The van der Waals surface area contributed by atoms with E-state index in [9.17, 15) is 18.0 Å². The number of carbonyl (C=O) groups is 2. The van der Waals surface area contributed by atoms with Gasteiger partial charge in [-0.25, -0.2) is 8.42 Å². The molecule has 0 aromatic carbocycles. The molecule has 8 heteroatoms. The van der Waals surface area contributed by atoms with E-state index in [1.165, 1.54) is 11.4 Å². The van der Waals surface area contributed by atoms with Gasteiger partial charge in [0.25, 0.3) is 0 Å². The Labute approximate surface area is 125 Å². The van der Waals surface area contributed by atoms with Gasteiger partial charge < -0.3 is 10.1 Å². The Morgan fingerprint density at radius 2 is 2.00 bits per heavy atom. The summed E-state index contributed by atoms with van der Waals surface area (Å²) in [5.74, 6) is -0.740. The van der Waals surface area contributed by atoms with Crippen molar-refractivity contribution in [3.05, 3.63) is 0 Å². The number of amides is 1. The Balaban J connectivity index is 1.90. The number of methoxy groups -OCH3 is 1. The molecule has 1 saturated carbocycles. The standard InChI is InChI=1S/C13H22N2O5S/c1-20-12(16)5-3-9-21(18,19)15-8-2-4-11(15)13(17)14-10-6-7-10/h10-11H,2-9H2,1H3,(H,14,17). The topological polar surface area (TPSA) is 92.8 Å². The van der Waals surface area contributed by atoms with Gasteiger partial charge >= 0.3 is 5.97 Å². The van der Waals surface area contributed by atoms with Crippen molar-refractivity contribution in [3.8, 4) is 0 Å². The molecular weight excluding hydrogens is 296 g/mol. The summed E-state index contributed by atoms with van der Waals surface area (Å²) in [5, 5.41) is 2.86. The molecule has 1 heterocycles. The highest BCUT2D eigenvalue weighted by molar-refractivity contribution is 7.89. The van der Waals surface area contributed by atoms with Crippen LogP contribution in [0.3, 0.4) is 0 Å². The van der Waals surface area contributed by atoms with Gasteiger partial charge in [0.15, 0.2) is 0 Å². The van der Waals surface area contributed by atoms with Crippen LogP contribution in [0.5, 0.6) is 0 Å². The minimum atomic E-state index is -3.51. The molecule has 1 saturated heterocycles. The minimum Gasteiger partial charge on any atom is -0.469 e. The largest absolute Gasteiger partial charge is 0.469 e. The van der Waals surface area contributed by atoms with Gasteiger partial charge in [-0.1, -0.05) is 0 Å². The first-order chi connectivity index (χ1) is 9.94. The van der Waals surface area contributed by atoms with Gasteiger partial charge in [-0.05, 0) is 32.1 Å². The first-order valence-electron chi connectivity index (χ1n) is 7.31. The maximum absolute atomic E-state index is 12.3. The van der Waals surface area contributed by atoms with Crippen LogP contribution in [0, 0.1) is 0 Å². The summed E-state index contributed by atoms with van der Waals surface area (Å²) >= 11 is 0. The molecule has 1 aliphatic heterocycles. The molecule has 1 amide bonds. The van der Waals surface area contributed by atoms with Crippen molar-refractivity contribution in [2.24, 2.45) is 0 Å².